The Balaban J connectivity index is 2.18. The highest BCUT2D eigenvalue weighted by Gasteiger charge is 2.21. The van der Waals surface area contributed by atoms with Crippen LogP contribution in [0.4, 0.5) is 21.0 Å². The summed E-state index contributed by atoms with van der Waals surface area (Å²) >= 11 is 0. The number of aromatic carboxylic acids is 2. The molecule has 2 aromatic rings. The molecule has 18 heteroatoms. The van der Waals surface area contributed by atoms with Crippen molar-refractivity contribution < 1.29 is 72.1 Å². The molecule has 2 rings (SSSR count). The van der Waals surface area contributed by atoms with Crippen molar-refractivity contribution in [1.82, 2.24) is 5.32 Å². The first-order valence-corrected chi connectivity index (χ1v) is 17.6. The lowest BCUT2D eigenvalue weighted by molar-refractivity contribution is -0.127. The van der Waals surface area contributed by atoms with Crippen LogP contribution in [0.2, 0.25) is 0 Å². The fourth-order valence-corrected chi connectivity index (χ4v) is 4.73. The highest BCUT2D eigenvalue weighted by Crippen LogP contribution is 2.34. The smallest absolute Gasteiger partial charge is 0.411 e. The minimum absolute atomic E-state index is 0.0178. The van der Waals surface area contributed by atoms with Gasteiger partial charge in [-0.15, -0.1) is 0 Å². The zero-order valence-electron chi connectivity index (χ0n) is 31.8. The highest BCUT2D eigenvalue weighted by atomic mass is 16.6. The molecule has 1 atom stereocenters. The van der Waals surface area contributed by atoms with E-state index in [0.29, 0.717) is 25.4 Å². The molecular weight excluding hydrogens is 738 g/mol. The number of amides is 3. The second kappa shape index (κ2) is 26.0. The largest absolute Gasteiger partial charge is 0.493 e. The third kappa shape index (κ3) is 17.1. The van der Waals surface area contributed by atoms with Gasteiger partial charge in [-0.3, -0.25) is 15.4 Å². The molecule has 0 saturated carbocycles. The highest BCUT2D eigenvalue weighted by molar-refractivity contribution is 6.00. The van der Waals surface area contributed by atoms with Crippen LogP contribution in [0, 0.1) is 6.92 Å². The molecule has 0 radical (unpaired) electrons. The quantitative estimate of drug-likeness (QED) is 0.0560. The van der Waals surface area contributed by atoms with E-state index in [-0.39, 0.29) is 98.8 Å². The van der Waals surface area contributed by atoms with E-state index in [1.165, 1.54) is 43.5 Å². The summed E-state index contributed by atoms with van der Waals surface area (Å²) in [6.07, 6.45) is 2.27. The summed E-state index contributed by atoms with van der Waals surface area (Å²) in [5.41, 5.74) is -0.144. The van der Waals surface area contributed by atoms with E-state index in [4.69, 9.17) is 37.9 Å². The summed E-state index contributed by atoms with van der Waals surface area (Å²) in [5.74, 6) is -2.60. The van der Waals surface area contributed by atoms with E-state index in [9.17, 15) is 34.2 Å². The van der Waals surface area contributed by atoms with Crippen molar-refractivity contribution in [2.75, 3.05) is 83.8 Å². The third-order valence-corrected chi connectivity index (χ3v) is 7.36. The number of benzene rings is 2. The van der Waals surface area contributed by atoms with E-state index in [1.54, 1.807) is 6.92 Å². The molecular formula is C38H51N3O15. The van der Waals surface area contributed by atoms with Gasteiger partial charge < -0.3 is 53.4 Å². The molecule has 2 aromatic carbocycles. The van der Waals surface area contributed by atoms with Gasteiger partial charge in [-0.05, 0) is 25.0 Å². The van der Waals surface area contributed by atoms with E-state index < -0.39 is 36.1 Å². The predicted octanol–water partition coefficient (Wildman–Crippen LogP) is 5.05. The van der Waals surface area contributed by atoms with Crippen molar-refractivity contribution in [3.63, 3.8) is 0 Å². The van der Waals surface area contributed by atoms with Gasteiger partial charge in [0.1, 0.15) is 25.6 Å². The molecule has 0 aliphatic carbocycles. The second-order valence-electron chi connectivity index (χ2n) is 11.7. The van der Waals surface area contributed by atoms with Crippen LogP contribution in [-0.2, 0) is 28.5 Å². The number of nitrogens with one attached hydrogen (secondary N) is 3. The maximum absolute atomic E-state index is 12.9. The zero-order chi connectivity index (χ0) is 41.3. The Morgan fingerprint density at radius 1 is 0.696 bits per heavy atom. The fourth-order valence-electron chi connectivity index (χ4n) is 4.73. The monoisotopic (exact) mass is 789 g/mol. The van der Waals surface area contributed by atoms with Crippen LogP contribution in [0.5, 0.6) is 17.2 Å². The summed E-state index contributed by atoms with van der Waals surface area (Å²) in [6, 6.07) is 4.62. The van der Waals surface area contributed by atoms with Crippen LogP contribution in [-0.4, -0.2) is 119 Å². The molecule has 0 aromatic heterocycles. The average molecular weight is 790 g/mol. The molecule has 0 heterocycles. The molecule has 1 unspecified atom stereocenters. The minimum Gasteiger partial charge on any atom is -0.493 e. The van der Waals surface area contributed by atoms with Gasteiger partial charge in [0, 0.05) is 43.7 Å². The number of ether oxygens (including phenoxy) is 8. The maximum Gasteiger partial charge on any atom is 0.411 e. The lowest BCUT2D eigenvalue weighted by Crippen LogP contribution is -2.39. The third-order valence-electron chi connectivity index (χ3n) is 7.36. The van der Waals surface area contributed by atoms with Crippen molar-refractivity contribution in [2.24, 2.45) is 0 Å². The Labute approximate surface area is 325 Å². The van der Waals surface area contributed by atoms with Crippen LogP contribution in [0.1, 0.15) is 52.5 Å². The summed E-state index contributed by atoms with van der Waals surface area (Å²) in [6.45, 7) is 12.1. The van der Waals surface area contributed by atoms with Gasteiger partial charge in [-0.1, -0.05) is 32.2 Å². The summed E-state index contributed by atoms with van der Waals surface area (Å²) in [7, 11) is 1.32. The number of anilines is 2. The van der Waals surface area contributed by atoms with Crippen LogP contribution in [0.15, 0.2) is 49.6 Å². The summed E-state index contributed by atoms with van der Waals surface area (Å²) in [4.78, 5) is 61.1. The molecule has 0 bridgehead atoms. The molecule has 5 N–H and O–H groups in total. The predicted molar refractivity (Wildman–Crippen MR) is 203 cm³/mol. The first kappa shape index (κ1) is 46.3. The molecule has 0 fully saturated rings. The Morgan fingerprint density at radius 3 is 1.71 bits per heavy atom. The lowest BCUT2D eigenvalue weighted by Gasteiger charge is -2.21. The van der Waals surface area contributed by atoms with Crippen LogP contribution >= 0.6 is 0 Å². The number of hydrogen-bond acceptors (Lipinski definition) is 13. The van der Waals surface area contributed by atoms with Gasteiger partial charge in [-0.25, -0.2) is 19.2 Å². The first-order valence-electron chi connectivity index (χ1n) is 17.6. The molecule has 0 saturated heterocycles. The number of hydrogen-bond donors (Lipinski definition) is 5. The topological polar surface area (TPSA) is 236 Å². The summed E-state index contributed by atoms with van der Waals surface area (Å²) in [5, 5.41) is 27.1. The van der Waals surface area contributed by atoms with Gasteiger partial charge in [0.15, 0.2) is 11.5 Å². The van der Waals surface area contributed by atoms with Crippen molar-refractivity contribution in [2.45, 2.75) is 39.2 Å². The van der Waals surface area contributed by atoms with E-state index in [1.807, 2.05) is 6.92 Å². The minimum atomic E-state index is -1.34. The zero-order valence-corrected chi connectivity index (χ0v) is 31.8. The molecule has 18 nitrogen and oxygen atoms in total. The van der Waals surface area contributed by atoms with E-state index in [2.05, 4.69) is 29.1 Å². The SMILES string of the molecule is C=CCOC(=O)Nc1cc(OCCC(CCOc2cc(NC(=O)OCC=C)c(C(=O)O)cc2OC)NC(=O)COCCOCCOCCC)c(C)cc1C(=O)O. The standard InChI is InChI=1S/C38H51N3O15/c1-6-11-50-16-17-51-18-19-52-24-34(42)39-26(9-14-53-31-22-29(40-37(47)55-12-7-2)27(35(43)44)20-25(31)4)10-15-54-33-23-30(41-38(48)56-13-8-3)28(36(45)46)21-32(33)49-5/h7-8,20-23,26H,2-3,6,9-19,24H2,1,4-5H3,(H,39,42)(H,40,47)(H,41,48)(H,43,44)(H,45,46). The summed E-state index contributed by atoms with van der Waals surface area (Å²) < 4.78 is 43.3. The maximum atomic E-state index is 12.9. The Hall–Kier alpha value is -5.85. The molecule has 308 valence electrons. The number of aryl methyl sites for hydroxylation is 1. The molecule has 0 spiro atoms. The molecule has 0 aliphatic heterocycles. The van der Waals surface area contributed by atoms with Crippen molar-refractivity contribution in [3.05, 3.63) is 66.3 Å². The van der Waals surface area contributed by atoms with Gasteiger partial charge >= 0.3 is 24.1 Å². The lowest BCUT2D eigenvalue weighted by atomic mass is 10.1. The van der Waals surface area contributed by atoms with Gasteiger partial charge in [0.25, 0.3) is 0 Å². The van der Waals surface area contributed by atoms with Crippen molar-refractivity contribution >= 4 is 41.4 Å². The van der Waals surface area contributed by atoms with Gasteiger partial charge in [0.2, 0.25) is 5.91 Å². The average Bonchev–Trinajstić information content (AvgIpc) is 3.16. The van der Waals surface area contributed by atoms with E-state index in [0.717, 1.165) is 6.42 Å². The van der Waals surface area contributed by atoms with Crippen molar-refractivity contribution in [1.29, 1.82) is 0 Å². The van der Waals surface area contributed by atoms with Crippen molar-refractivity contribution in [3.8, 4) is 17.2 Å². The second-order valence-corrected chi connectivity index (χ2v) is 11.7. The van der Waals surface area contributed by atoms with Gasteiger partial charge in [0.05, 0.1) is 69.3 Å². The number of carboxylic acid groups (broad SMARTS) is 2. The number of rotatable bonds is 28. The molecule has 3 amide bonds. The van der Waals surface area contributed by atoms with Crippen LogP contribution < -0.4 is 30.2 Å². The number of methoxy groups -OCH3 is 1. The van der Waals surface area contributed by atoms with Gasteiger partial charge in [-0.2, -0.15) is 0 Å². The number of carbonyl (C=O) groups excluding carboxylic acids is 3. The van der Waals surface area contributed by atoms with Crippen LogP contribution in [0.3, 0.4) is 0 Å². The number of carbonyl (C=O) groups is 5. The Kier molecular flexibility index (Phi) is 21.5. The van der Waals surface area contributed by atoms with Crippen LogP contribution in [0.25, 0.3) is 0 Å². The first-order chi connectivity index (χ1) is 26.9. The number of carboxylic acids is 2. The molecule has 0 aliphatic rings. The Morgan fingerprint density at radius 2 is 1.20 bits per heavy atom. The molecule has 56 heavy (non-hydrogen) atoms. The fraction of sp³-hybridized carbons (Fsp3) is 0.447. The normalized spacial score (nSPS) is 11.1. The Bertz CT molecular complexity index is 1630. The van der Waals surface area contributed by atoms with E-state index >= 15 is 0 Å².